The summed E-state index contributed by atoms with van der Waals surface area (Å²) in [5.74, 6) is -2.64. The number of hydrogen-bond donors (Lipinski definition) is 0. The van der Waals surface area contributed by atoms with Gasteiger partial charge < -0.3 is 4.90 Å². The fourth-order valence-electron chi connectivity index (χ4n) is 6.43. The number of rotatable bonds is 2. The zero-order valence-electron chi connectivity index (χ0n) is 20.7. The van der Waals surface area contributed by atoms with Crippen LogP contribution in [0.4, 0.5) is 14.5 Å². The zero-order valence-corrected chi connectivity index (χ0v) is 20.7. The minimum atomic E-state index is -1.64. The molecule has 4 nitrogen and oxygen atoms in total. The van der Waals surface area contributed by atoms with Gasteiger partial charge in [-0.2, -0.15) is 0 Å². The third-order valence-corrected chi connectivity index (χ3v) is 8.00. The molecule has 1 spiro atoms. The molecule has 0 aromatic heterocycles. The maximum absolute atomic E-state index is 14.4. The Labute approximate surface area is 213 Å². The Morgan fingerprint density at radius 1 is 0.865 bits per heavy atom. The third-order valence-electron chi connectivity index (χ3n) is 8.00. The van der Waals surface area contributed by atoms with E-state index in [1.165, 1.54) is 24.3 Å². The predicted octanol–water partition coefficient (Wildman–Crippen LogP) is 6.01. The molecular formula is C31H25F2NO3. The lowest BCUT2D eigenvalue weighted by Crippen LogP contribution is -2.49. The fraction of sp³-hybridized carbons (Fsp3) is 0.258. The average Bonchev–Trinajstić information content (AvgIpc) is 3.29. The SMILES string of the molecule is CC(C)(C)C(=O)[C@@H]1[C@@H](c2ccc(F)cc2)C2(C(=O)c3ccccc3C2=O)[C@H]2C=Cc3cc(F)ccc3N12. The first-order valence-electron chi connectivity index (χ1n) is 12.3. The van der Waals surface area contributed by atoms with Crippen molar-refractivity contribution in [3.63, 3.8) is 0 Å². The molecule has 3 aromatic carbocycles. The average molecular weight is 498 g/mol. The molecule has 1 aliphatic carbocycles. The summed E-state index contributed by atoms with van der Waals surface area (Å²) < 4.78 is 28.2. The van der Waals surface area contributed by atoms with Crippen molar-refractivity contribution in [1.29, 1.82) is 0 Å². The molecule has 0 N–H and O–H groups in total. The van der Waals surface area contributed by atoms with Gasteiger partial charge in [0.15, 0.2) is 17.3 Å². The van der Waals surface area contributed by atoms with Crippen LogP contribution in [0.15, 0.2) is 72.8 Å². The zero-order chi connectivity index (χ0) is 26.3. The first-order valence-corrected chi connectivity index (χ1v) is 12.3. The molecule has 0 bridgehead atoms. The summed E-state index contributed by atoms with van der Waals surface area (Å²) in [5, 5.41) is 0. The summed E-state index contributed by atoms with van der Waals surface area (Å²) in [7, 11) is 0. The van der Waals surface area contributed by atoms with Crippen LogP contribution in [0.1, 0.15) is 58.5 Å². The Kier molecular flexibility index (Phi) is 4.94. The maximum Gasteiger partial charge on any atom is 0.180 e. The van der Waals surface area contributed by atoms with Crippen LogP contribution in [0.3, 0.4) is 0 Å². The van der Waals surface area contributed by atoms with E-state index >= 15 is 0 Å². The highest BCUT2D eigenvalue weighted by Gasteiger charge is 2.71. The lowest BCUT2D eigenvalue weighted by Gasteiger charge is -2.38. The van der Waals surface area contributed by atoms with Crippen LogP contribution in [0.5, 0.6) is 0 Å². The molecule has 0 radical (unpaired) electrons. The van der Waals surface area contributed by atoms with Gasteiger partial charge in [0.1, 0.15) is 17.0 Å². The number of benzene rings is 3. The molecule has 1 saturated heterocycles. The van der Waals surface area contributed by atoms with E-state index in [2.05, 4.69) is 0 Å². The molecule has 3 aliphatic rings. The number of halogens is 2. The highest BCUT2D eigenvalue weighted by atomic mass is 19.1. The van der Waals surface area contributed by atoms with Crippen molar-refractivity contribution in [1.82, 2.24) is 0 Å². The minimum absolute atomic E-state index is 0.161. The fourth-order valence-corrected chi connectivity index (χ4v) is 6.43. The van der Waals surface area contributed by atoms with Gasteiger partial charge in [0.05, 0.1) is 12.1 Å². The van der Waals surface area contributed by atoms with Crippen molar-refractivity contribution in [2.45, 2.75) is 38.8 Å². The first-order chi connectivity index (χ1) is 17.6. The van der Waals surface area contributed by atoms with E-state index in [-0.39, 0.29) is 17.3 Å². The molecule has 3 aromatic rings. The Morgan fingerprint density at radius 2 is 1.46 bits per heavy atom. The molecule has 2 heterocycles. The molecule has 0 saturated carbocycles. The van der Waals surface area contributed by atoms with Crippen molar-refractivity contribution in [3.8, 4) is 0 Å². The first kappa shape index (κ1) is 23.5. The second kappa shape index (κ2) is 7.78. The van der Waals surface area contributed by atoms with Crippen LogP contribution in [0, 0.1) is 22.5 Å². The van der Waals surface area contributed by atoms with Crippen LogP contribution in [-0.4, -0.2) is 29.4 Å². The van der Waals surface area contributed by atoms with Crippen molar-refractivity contribution in [2.24, 2.45) is 10.8 Å². The minimum Gasteiger partial charge on any atom is -0.352 e. The van der Waals surface area contributed by atoms with Crippen molar-refractivity contribution in [3.05, 3.63) is 107 Å². The van der Waals surface area contributed by atoms with Crippen LogP contribution in [-0.2, 0) is 4.79 Å². The Balaban J connectivity index is 1.70. The quantitative estimate of drug-likeness (QED) is 0.407. The van der Waals surface area contributed by atoms with Gasteiger partial charge in [0.2, 0.25) is 0 Å². The van der Waals surface area contributed by atoms with Gasteiger partial charge in [0.25, 0.3) is 0 Å². The van der Waals surface area contributed by atoms with E-state index in [4.69, 9.17) is 0 Å². The highest BCUT2D eigenvalue weighted by Crippen LogP contribution is 2.61. The number of anilines is 1. The van der Waals surface area contributed by atoms with Crippen LogP contribution < -0.4 is 4.90 Å². The Hall–Kier alpha value is -3.93. The topological polar surface area (TPSA) is 54.5 Å². The highest BCUT2D eigenvalue weighted by molar-refractivity contribution is 6.32. The number of nitrogens with zero attached hydrogens (tertiary/aromatic N) is 1. The number of Topliss-reactive ketones (excluding diaryl/α,β-unsaturated/α-hetero) is 3. The summed E-state index contributed by atoms with van der Waals surface area (Å²) in [6.45, 7) is 5.40. The van der Waals surface area contributed by atoms with E-state index in [1.807, 2.05) is 4.90 Å². The summed E-state index contributed by atoms with van der Waals surface area (Å²) in [6.07, 6.45) is 3.46. The monoisotopic (exact) mass is 497 g/mol. The van der Waals surface area contributed by atoms with E-state index in [0.29, 0.717) is 27.9 Å². The van der Waals surface area contributed by atoms with E-state index in [1.54, 1.807) is 75.4 Å². The Morgan fingerprint density at radius 3 is 2.05 bits per heavy atom. The van der Waals surface area contributed by atoms with Crippen LogP contribution >= 0.6 is 0 Å². The van der Waals surface area contributed by atoms with Gasteiger partial charge in [0, 0.05) is 33.7 Å². The summed E-state index contributed by atoms with van der Waals surface area (Å²) in [5.41, 5.74) is -0.146. The summed E-state index contributed by atoms with van der Waals surface area (Å²) in [4.78, 5) is 44.9. The number of fused-ring (bicyclic) bond motifs is 5. The third kappa shape index (κ3) is 3.08. The molecule has 0 amide bonds. The second-order valence-corrected chi connectivity index (χ2v) is 11.1. The summed E-state index contributed by atoms with van der Waals surface area (Å²) >= 11 is 0. The van der Waals surface area contributed by atoms with E-state index < -0.39 is 40.5 Å². The van der Waals surface area contributed by atoms with Gasteiger partial charge >= 0.3 is 0 Å². The van der Waals surface area contributed by atoms with Gasteiger partial charge in [-0.15, -0.1) is 0 Å². The molecule has 6 rings (SSSR count). The molecule has 0 unspecified atom stereocenters. The molecule has 6 heteroatoms. The molecular weight excluding hydrogens is 472 g/mol. The lowest BCUT2D eigenvalue weighted by atomic mass is 9.63. The standard InChI is InChI=1S/C31H25F2NO3/c1-30(2,3)29(37)26-25(17-8-11-19(32)12-9-17)31(27(35)21-6-4-5-7-22(21)28(31)36)24-15-10-18-16-20(33)13-14-23(18)34(24)26/h4-16,24-26H,1-3H3/t24-,25-,26+/m1/s1. The largest absolute Gasteiger partial charge is 0.352 e. The predicted molar refractivity (Wildman–Crippen MR) is 137 cm³/mol. The Bertz CT molecular complexity index is 1480. The number of hydrogen-bond acceptors (Lipinski definition) is 4. The van der Waals surface area contributed by atoms with E-state index in [9.17, 15) is 23.2 Å². The normalized spacial score (nSPS) is 23.3. The lowest BCUT2D eigenvalue weighted by molar-refractivity contribution is -0.127. The number of carbonyl (C=O) groups is 3. The van der Waals surface area contributed by atoms with Crippen LogP contribution in [0.25, 0.3) is 6.08 Å². The smallest absolute Gasteiger partial charge is 0.180 e. The molecule has 3 atom stereocenters. The van der Waals surface area contributed by atoms with Crippen molar-refractivity contribution < 1.29 is 23.2 Å². The van der Waals surface area contributed by atoms with Gasteiger partial charge in [-0.05, 0) is 35.9 Å². The van der Waals surface area contributed by atoms with Crippen LogP contribution in [0.2, 0.25) is 0 Å². The molecule has 37 heavy (non-hydrogen) atoms. The molecule has 186 valence electrons. The van der Waals surface area contributed by atoms with Gasteiger partial charge in [-0.1, -0.05) is 69.3 Å². The van der Waals surface area contributed by atoms with Gasteiger partial charge in [-0.25, -0.2) is 8.78 Å². The number of ketones is 3. The van der Waals surface area contributed by atoms with Crippen molar-refractivity contribution in [2.75, 3.05) is 4.90 Å². The molecule has 2 aliphatic heterocycles. The summed E-state index contributed by atoms with van der Waals surface area (Å²) in [6, 6.07) is 15.0. The number of carbonyl (C=O) groups excluding carboxylic acids is 3. The van der Waals surface area contributed by atoms with Crippen molar-refractivity contribution >= 4 is 29.1 Å². The maximum atomic E-state index is 14.4. The van der Waals surface area contributed by atoms with E-state index in [0.717, 1.165) is 0 Å². The molecule has 1 fully saturated rings. The second-order valence-electron chi connectivity index (χ2n) is 11.1. The van der Waals surface area contributed by atoms with Gasteiger partial charge in [-0.3, -0.25) is 14.4 Å².